The lowest BCUT2D eigenvalue weighted by atomic mass is 10.1. The molecule has 0 spiro atoms. The molecule has 6 heteroatoms. The van der Waals surface area contributed by atoms with Gasteiger partial charge in [-0.15, -0.1) is 0 Å². The number of hydrogen-bond acceptors (Lipinski definition) is 4. The Morgan fingerprint density at radius 2 is 2.33 bits per heavy atom. The molecule has 0 radical (unpaired) electrons. The summed E-state index contributed by atoms with van der Waals surface area (Å²) in [5.41, 5.74) is 6.65. The van der Waals surface area contributed by atoms with Crippen LogP contribution >= 0.6 is 0 Å². The Morgan fingerprint density at radius 3 is 2.94 bits per heavy atom. The zero-order valence-electron chi connectivity index (χ0n) is 10.6. The van der Waals surface area contributed by atoms with E-state index in [4.69, 9.17) is 5.73 Å². The Bertz CT molecular complexity index is 542. The maximum Gasteiger partial charge on any atom is 0.161 e. The van der Waals surface area contributed by atoms with Crippen molar-refractivity contribution in [3.8, 4) is 0 Å². The number of carbonyl (C=O) groups is 1. The molecule has 2 aromatic heterocycles. The van der Waals surface area contributed by atoms with E-state index in [0.717, 1.165) is 17.9 Å². The molecule has 6 nitrogen and oxygen atoms in total. The molecule has 2 rings (SSSR count). The first-order valence-corrected chi connectivity index (χ1v) is 5.88. The third-order valence-electron chi connectivity index (χ3n) is 2.91. The largest absolute Gasteiger partial charge is 0.335 e. The predicted molar refractivity (Wildman–Crippen MR) is 66.7 cm³/mol. The number of nitrogens with two attached hydrogens (primary N) is 1. The van der Waals surface area contributed by atoms with Gasteiger partial charge in [0, 0.05) is 37.7 Å². The van der Waals surface area contributed by atoms with Gasteiger partial charge in [-0.2, -0.15) is 5.10 Å². The Balaban J connectivity index is 2.08. The highest BCUT2D eigenvalue weighted by Gasteiger charge is 2.19. The standard InChI is InChI=1S/C12H17N5O/c1-3-17-5-4-14-11(17)6-10(18)12(13)9-7-15-16(2)8-9/h4-5,7-8,12H,3,6,13H2,1-2H3. The lowest BCUT2D eigenvalue weighted by Gasteiger charge is -2.09. The van der Waals surface area contributed by atoms with E-state index < -0.39 is 6.04 Å². The van der Waals surface area contributed by atoms with E-state index in [-0.39, 0.29) is 12.2 Å². The molecule has 2 aromatic rings. The normalized spacial score (nSPS) is 12.6. The number of hydrogen-bond donors (Lipinski definition) is 1. The zero-order chi connectivity index (χ0) is 13.1. The highest BCUT2D eigenvalue weighted by Crippen LogP contribution is 2.12. The minimum Gasteiger partial charge on any atom is -0.335 e. The van der Waals surface area contributed by atoms with Crippen molar-refractivity contribution < 1.29 is 4.79 Å². The molecule has 96 valence electrons. The molecule has 1 atom stereocenters. The van der Waals surface area contributed by atoms with Crippen molar-refractivity contribution >= 4 is 5.78 Å². The predicted octanol–water partition coefficient (Wildman–Crippen LogP) is 0.448. The fraction of sp³-hybridized carbons (Fsp3) is 0.417. The van der Waals surface area contributed by atoms with Gasteiger partial charge in [-0.05, 0) is 6.92 Å². The minimum absolute atomic E-state index is 0.0519. The maximum atomic E-state index is 12.1. The Labute approximate surface area is 105 Å². The summed E-state index contributed by atoms with van der Waals surface area (Å²) in [6.45, 7) is 2.81. The molecule has 0 saturated heterocycles. The molecule has 2 N–H and O–H groups in total. The van der Waals surface area contributed by atoms with Gasteiger partial charge in [-0.3, -0.25) is 9.48 Å². The third-order valence-corrected chi connectivity index (χ3v) is 2.91. The number of aromatic nitrogens is 4. The van der Waals surface area contributed by atoms with Crippen LogP contribution in [0.3, 0.4) is 0 Å². The van der Waals surface area contributed by atoms with Gasteiger partial charge in [-0.25, -0.2) is 4.98 Å². The fourth-order valence-corrected chi connectivity index (χ4v) is 1.85. The molecule has 2 heterocycles. The van der Waals surface area contributed by atoms with Crippen LogP contribution < -0.4 is 5.73 Å². The highest BCUT2D eigenvalue weighted by molar-refractivity contribution is 5.86. The van der Waals surface area contributed by atoms with Crippen molar-refractivity contribution in [2.45, 2.75) is 25.9 Å². The molecular formula is C12H17N5O. The van der Waals surface area contributed by atoms with Crippen molar-refractivity contribution in [1.29, 1.82) is 0 Å². The van der Waals surface area contributed by atoms with E-state index in [0.29, 0.717) is 0 Å². The molecule has 0 fully saturated rings. The summed E-state index contributed by atoms with van der Waals surface area (Å²) in [6.07, 6.45) is 7.18. The monoisotopic (exact) mass is 247 g/mol. The molecule has 0 aliphatic carbocycles. The number of imidazole rings is 1. The third kappa shape index (κ3) is 2.48. The molecule has 0 amide bonds. The summed E-state index contributed by atoms with van der Waals surface area (Å²) in [4.78, 5) is 16.2. The van der Waals surface area contributed by atoms with Crippen molar-refractivity contribution in [2.75, 3.05) is 0 Å². The first-order valence-electron chi connectivity index (χ1n) is 5.88. The van der Waals surface area contributed by atoms with E-state index in [2.05, 4.69) is 10.1 Å². The molecule has 0 aliphatic rings. The van der Waals surface area contributed by atoms with Gasteiger partial charge in [-0.1, -0.05) is 0 Å². The fourth-order valence-electron chi connectivity index (χ4n) is 1.85. The van der Waals surface area contributed by atoms with Gasteiger partial charge < -0.3 is 10.3 Å². The van der Waals surface area contributed by atoms with E-state index in [9.17, 15) is 4.79 Å². The van der Waals surface area contributed by atoms with Crippen LogP contribution in [0.25, 0.3) is 0 Å². The molecule has 0 aromatic carbocycles. The van der Waals surface area contributed by atoms with E-state index >= 15 is 0 Å². The van der Waals surface area contributed by atoms with Crippen molar-refractivity contribution in [1.82, 2.24) is 19.3 Å². The number of aryl methyl sites for hydroxylation is 2. The van der Waals surface area contributed by atoms with Gasteiger partial charge in [0.15, 0.2) is 5.78 Å². The number of ketones is 1. The van der Waals surface area contributed by atoms with Crippen LogP contribution in [0.1, 0.15) is 24.4 Å². The van der Waals surface area contributed by atoms with Crippen LogP contribution in [0.2, 0.25) is 0 Å². The SMILES string of the molecule is CCn1ccnc1CC(=O)C(N)c1cnn(C)c1. The van der Waals surface area contributed by atoms with Crippen LogP contribution in [0.5, 0.6) is 0 Å². The summed E-state index contributed by atoms with van der Waals surface area (Å²) >= 11 is 0. The van der Waals surface area contributed by atoms with Crippen molar-refractivity contribution in [3.05, 3.63) is 36.2 Å². The number of Topliss-reactive ketones (excluding diaryl/α,β-unsaturated/α-hetero) is 1. The number of carbonyl (C=O) groups excluding carboxylic acids is 1. The number of nitrogens with zero attached hydrogens (tertiary/aromatic N) is 4. The molecule has 0 bridgehead atoms. The lowest BCUT2D eigenvalue weighted by Crippen LogP contribution is -2.24. The topological polar surface area (TPSA) is 78.7 Å². The average Bonchev–Trinajstić information content (AvgIpc) is 2.96. The van der Waals surface area contributed by atoms with Gasteiger partial charge in [0.05, 0.1) is 18.7 Å². The highest BCUT2D eigenvalue weighted by atomic mass is 16.1. The smallest absolute Gasteiger partial charge is 0.161 e. The number of rotatable bonds is 5. The molecule has 0 aliphatic heterocycles. The molecular weight excluding hydrogens is 230 g/mol. The molecule has 0 saturated carbocycles. The van der Waals surface area contributed by atoms with E-state index in [1.54, 1.807) is 30.3 Å². The van der Waals surface area contributed by atoms with Gasteiger partial charge >= 0.3 is 0 Å². The van der Waals surface area contributed by atoms with E-state index in [1.807, 2.05) is 17.7 Å². The Kier molecular flexibility index (Phi) is 3.57. The van der Waals surface area contributed by atoms with Crippen LogP contribution in [0.15, 0.2) is 24.8 Å². The summed E-state index contributed by atoms with van der Waals surface area (Å²) < 4.78 is 3.57. The maximum absolute atomic E-state index is 12.1. The first-order chi connectivity index (χ1) is 8.61. The summed E-state index contributed by atoms with van der Waals surface area (Å²) in [6, 6.07) is -0.638. The second kappa shape index (κ2) is 5.14. The van der Waals surface area contributed by atoms with E-state index in [1.165, 1.54) is 0 Å². The van der Waals surface area contributed by atoms with Crippen LogP contribution in [0.4, 0.5) is 0 Å². The zero-order valence-corrected chi connectivity index (χ0v) is 10.6. The van der Waals surface area contributed by atoms with Gasteiger partial charge in [0.1, 0.15) is 5.82 Å². The van der Waals surface area contributed by atoms with Crippen molar-refractivity contribution in [3.63, 3.8) is 0 Å². The Hall–Kier alpha value is -1.95. The first kappa shape index (κ1) is 12.5. The minimum atomic E-state index is -0.638. The summed E-state index contributed by atoms with van der Waals surface area (Å²) in [7, 11) is 1.80. The average molecular weight is 247 g/mol. The van der Waals surface area contributed by atoms with Gasteiger partial charge in [0.25, 0.3) is 0 Å². The lowest BCUT2D eigenvalue weighted by molar-refractivity contribution is -0.119. The van der Waals surface area contributed by atoms with Crippen LogP contribution in [0, 0.1) is 0 Å². The summed E-state index contributed by atoms with van der Waals surface area (Å²) in [5, 5.41) is 4.01. The molecule has 18 heavy (non-hydrogen) atoms. The Morgan fingerprint density at radius 1 is 1.56 bits per heavy atom. The van der Waals surface area contributed by atoms with Gasteiger partial charge in [0.2, 0.25) is 0 Å². The van der Waals surface area contributed by atoms with Crippen LogP contribution in [-0.2, 0) is 24.8 Å². The second-order valence-corrected chi connectivity index (χ2v) is 4.20. The second-order valence-electron chi connectivity index (χ2n) is 4.20. The summed E-state index contributed by atoms with van der Waals surface area (Å²) in [5.74, 6) is 0.700. The van der Waals surface area contributed by atoms with Crippen LogP contribution in [-0.4, -0.2) is 25.1 Å². The quantitative estimate of drug-likeness (QED) is 0.832. The molecule has 1 unspecified atom stereocenters. The van der Waals surface area contributed by atoms with Crippen molar-refractivity contribution in [2.24, 2.45) is 12.8 Å².